The monoisotopic (exact) mass is 412 g/mol. The van der Waals surface area contributed by atoms with Crippen LogP contribution in [-0.2, 0) is 0 Å². The summed E-state index contributed by atoms with van der Waals surface area (Å²) in [5, 5.41) is 0. The molecule has 0 aromatic heterocycles. The minimum atomic E-state index is -0.117. The average Bonchev–Trinajstić information content (AvgIpc) is 2.47. The number of Topliss-reactive ketones (excluding diaryl/α,β-unsaturated/α-hetero) is 1. The fourth-order valence-corrected chi connectivity index (χ4v) is 2.95. The highest BCUT2D eigenvalue weighted by molar-refractivity contribution is 9.11. The Morgan fingerprint density at radius 2 is 1.81 bits per heavy atom. The highest BCUT2D eigenvalue weighted by atomic mass is 79.9. The first-order valence-electron chi connectivity index (χ1n) is 6.44. The van der Waals surface area contributed by atoms with E-state index in [9.17, 15) is 4.79 Å². The summed E-state index contributed by atoms with van der Waals surface area (Å²) in [5.41, 5.74) is 0.535. The van der Waals surface area contributed by atoms with Crippen molar-refractivity contribution in [3.63, 3.8) is 0 Å². The number of rotatable bonds is 6. The molecule has 0 aliphatic carbocycles. The van der Waals surface area contributed by atoms with Crippen LogP contribution in [0, 0.1) is 0 Å². The Kier molecular flexibility index (Phi) is 5.82. The Labute approximate surface area is 140 Å². The zero-order valence-electron chi connectivity index (χ0n) is 11.4. The molecule has 0 aliphatic heterocycles. The lowest BCUT2D eigenvalue weighted by Gasteiger charge is -2.11. The SMILES string of the molecule is CCOc1ccccc1C(=O)COc1ccc(Br)cc1Br. The lowest BCUT2D eigenvalue weighted by atomic mass is 10.1. The van der Waals surface area contributed by atoms with Gasteiger partial charge in [-0.05, 0) is 53.2 Å². The van der Waals surface area contributed by atoms with Gasteiger partial charge in [-0.3, -0.25) is 4.79 Å². The highest BCUT2D eigenvalue weighted by Crippen LogP contribution is 2.28. The molecule has 0 spiro atoms. The summed E-state index contributed by atoms with van der Waals surface area (Å²) in [7, 11) is 0. The number of ether oxygens (including phenoxy) is 2. The predicted molar refractivity (Wildman–Crippen MR) is 89.3 cm³/mol. The third kappa shape index (κ3) is 4.32. The highest BCUT2D eigenvalue weighted by Gasteiger charge is 2.13. The summed E-state index contributed by atoms with van der Waals surface area (Å²) in [4.78, 5) is 12.3. The van der Waals surface area contributed by atoms with E-state index in [4.69, 9.17) is 9.47 Å². The lowest BCUT2D eigenvalue weighted by Crippen LogP contribution is -2.13. The maximum Gasteiger partial charge on any atom is 0.203 e. The maximum absolute atomic E-state index is 12.3. The van der Waals surface area contributed by atoms with Gasteiger partial charge in [-0.1, -0.05) is 28.1 Å². The zero-order chi connectivity index (χ0) is 15.2. The Balaban J connectivity index is 2.08. The lowest BCUT2D eigenvalue weighted by molar-refractivity contribution is 0.0917. The molecule has 0 atom stereocenters. The summed E-state index contributed by atoms with van der Waals surface area (Å²) >= 11 is 6.77. The molecule has 110 valence electrons. The van der Waals surface area contributed by atoms with Gasteiger partial charge in [-0.25, -0.2) is 0 Å². The smallest absolute Gasteiger partial charge is 0.203 e. The van der Waals surface area contributed by atoms with Crippen LogP contribution >= 0.6 is 31.9 Å². The quantitative estimate of drug-likeness (QED) is 0.633. The van der Waals surface area contributed by atoms with Crippen LogP contribution in [0.3, 0.4) is 0 Å². The van der Waals surface area contributed by atoms with Crippen molar-refractivity contribution in [1.82, 2.24) is 0 Å². The largest absolute Gasteiger partial charge is 0.493 e. The molecule has 0 radical (unpaired) electrons. The average molecular weight is 414 g/mol. The second-order valence-corrected chi connectivity index (χ2v) is 5.99. The molecule has 0 aliphatic rings. The standard InChI is InChI=1S/C16H14Br2O3/c1-2-20-15-6-4-3-5-12(15)14(19)10-21-16-8-7-11(17)9-13(16)18/h3-9H,2,10H2,1H3. The van der Waals surface area contributed by atoms with Gasteiger partial charge in [0.15, 0.2) is 6.61 Å². The van der Waals surface area contributed by atoms with Crippen LogP contribution in [0.15, 0.2) is 51.4 Å². The topological polar surface area (TPSA) is 35.5 Å². The third-order valence-corrected chi connectivity index (χ3v) is 3.85. The molecule has 2 aromatic rings. The van der Waals surface area contributed by atoms with Gasteiger partial charge in [0, 0.05) is 4.47 Å². The summed E-state index contributed by atoms with van der Waals surface area (Å²) < 4.78 is 12.8. The molecule has 0 saturated carbocycles. The molecule has 5 heteroatoms. The minimum absolute atomic E-state index is 0.0374. The van der Waals surface area contributed by atoms with Crippen LogP contribution in [0.2, 0.25) is 0 Å². The molecule has 0 amide bonds. The first-order chi connectivity index (χ1) is 10.1. The maximum atomic E-state index is 12.3. The molecule has 0 heterocycles. The number of carbonyl (C=O) groups excluding carboxylic acids is 1. The van der Waals surface area contributed by atoms with Gasteiger partial charge >= 0.3 is 0 Å². The van der Waals surface area contributed by atoms with Gasteiger partial charge in [-0.15, -0.1) is 0 Å². The molecular weight excluding hydrogens is 400 g/mol. The van der Waals surface area contributed by atoms with E-state index in [1.54, 1.807) is 18.2 Å². The Bertz CT molecular complexity index is 641. The summed E-state index contributed by atoms with van der Waals surface area (Å²) in [6.45, 7) is 2.37. The zero-order valence-corrected chi connectivity index (χ0v) is 14.6. The summed E-state index contributed by atoms with van der Waals surface area (Å²) in [5.74, 6) is 1.10. The molecule has 0 bridgehead atoms. The summed E-state index contributed by atoms with van der Waals surface area (Å²) in [6.07, 6.45) is 0. The molecule has 2 rings (SSSR count). The number of hydrogen-bond donors (Lipinski definition) is 0. The van der Waals surface area contributed by atoms with Gasteiger partial charge in [0.05, 0.1) is 16.6 Å². The first-order valence-corrected chi connectivity index (χ1v) is 8.03. The van der Waals surface area contributed by atoms with E-state index in [1.807, 2.05) is 31.2 Å². The van der Waals surface area contributed by atoms with Crippen molar-refractivity contribution >= 4 is 37.6 Å². The van der Waals surface area contributed by atoms with E-state index in [-0.39, 0.29) is 12.4 Å². The molecule has 21 heavy (non-hydrogen) atoms. The van der Waals surface area contributed by atoms with Gasteiger partial charge in [0.2, 0.25) is 5.78 Å². The van der Waals surface area contributed by atoms with Crippen LogP contribution in [0.5, 0.6) is 11.5 Å². The van der Waals surface area contributed by atoms with E-state index >= 15 is 0 Å². The normalized spacial score (nSPS) is 10.2. The fourth-order valence-electron chi connectivity index (χ4n) is 1.79. The number of halogens is 2. The van der Waals surface area contributed by atoms with Crippen LogP contribution in [0.1, 0.15) is 17.3 Å². The molecule has 0 saturated heterocycles. The minimum Gasteiger partial charge on any atom is -0.493 e. The van der Waals surface area contributed by atoms with E-state index in [1.165, 1.54) is 0 Å². The number of hydrogen-bond acceptors (Lipinski definition) is 3. The predicted octanol–water partition coefficient (Wildman–Crippen LogP) is 4.87. The van der Waals surface area contributed by atoms with Crippen LogP contribution in [0.25, 0.3) is 0 Å². The molecule has 0 fully saturated rings. The van der Waals surface area contributed by atoms with Crippen molar-refractivity contribution in [2.75, 3.05) is 13.2 Å². The Morgan fingerprint density at radius 1 is 1.05 bits per heavy atom. The molecular formula is C16H14Br2O3. The van der Waals surface area contributed by atoms with Crippen LogP contribution < -0.4 is 9.47 Å². The molecule has 3 nitrogen and oxygen atoms in total. The number of para-hydroxylation sites is 1. The van der Waals surface area contributed by atoms with Gasteiger partial charge < -0.3 is 9.47 Å². The second kappa shape index (κ2) is 7.61. The summed E-state index contributed by atoms with van der Waals surface area (Å²) in [6, 6.07) is 12.7. The third-order valence-electron chi connectivity index (χ3n) is 2.74. The number of ketones is 1. The van der Waals surface area contributed by atoms with Crippen molar-refractivity contribution < 1.29 is 14.3 Å². The van der Waals surface area contributed by atoms with E-state index in [0.717, 1.165) is 8.95 Å². The van der Waals surface area contributed by atoms with Crippen molar-refractivity contribution in [1.29, 1.82) is 0 Å². The van der Waals surface area contributed by atoms with Gasteiger partial charge in [-0.2, -0.15) is 0 Å². The number of carbonyl (C=O) groups is 1. The van der Waals surface area contributed by atoms with E-state index in [2.05, 4.69) is 31.9 Å². The van der Waals surface area contributed by atoms with E-state index in [0.29, 0.717) is 23.7 Å². The molecule has 2 aromatic carbocycles. The van der Waals surface area contributed by atoms with Crippen LogP contribution in [-0.4, -0.2) is 19.0 Å². The van der Waals surface area contributed by atoms with Gasteiger partial charge in [0.1, 0.15) is 11.5 Å². The molecule has 0 N–H and O–H groups in total. The Morgan fingerprint density at radius 3 is 2.52 bits per heavy atom. The molecule has 0 unspecified atom stereocenters. The van der Waals surface area contributed by atoms with Crippen LogP contribution in [0.4, 0.5) is 0 Å². The van der Waals surface area contributed by atoms with Crippen molar-refractivity contribution in [2.45, 2.75) is 6.92 Å². The van der Waals surface area contributed by atoms with Crippen molar-refractivity contribution in [3.05, 3.63) is 57.0 Å². The second-order valence-electron chi connectivity index (χ2n) is 4.22. The van der Waals surface area contributed by atoms with E-state index < -0.39 is 0 Å². The fraction of sp³-hybridized carbons (Fsp3) is 0.188. The number of benzene rings is 2. The van der Waals surface area contributed by atoms with Crippen molar-refractivity contribution in [2.24, 2.45) is 0 Å². The first kappa shape index (κ1) is 16.0. The van der Waals surface area contributed by atoms with Crippen molar-refractivity contribution in [3.8, 4) is 11.5 Å². The Hall–Kier alpha value is -1.33. The van der Waals surface area contributed by atoms with Gasteiger partial charge in [0.25, 0.3) is 0 Å².